The van der Waals surface area contributed by atoms with E-state index in [0.717, 1.165) is 16.8 Å². The number of nitrogens with zero attached hydrogens (tertiary/aromatic N) is 1. The lowest BCUT2D eigenvalue weighted by Gasteiger charge is -2.11. The Labute approximate surface area is 174 Å². The molecule has 0 bridgehead atoms. The Morgan fingerprint density at radius 1 is 0.929 bits per heavy atom. The highest BCUT2D eigenvalue weighted by Crippen LogP contribution is 2.36. The van der Waals surface area contributed by atoms with Crippen molar-refractivity contribution in [1.29, 1.82) is 0 Å². The number of hydrogen-bond acceptors (Lipinski definition) is 4. The van der Waals surface area contributed by atoms with E-state index in [0.29, 0.717) is 5.56 Å². The fourth-order valence-electron chi connectivity index (χ4n) is 2.50. The smallest absolute Gasteiger partial charge is 0.339 e. The van der Waals surface area contributed by atoms with Gasteiger partial charge in [0.1, 0.15) is 4.90 Å². The molecule has 0 spiro atoms. The summed E-state index contributed by atoms with van der Waals surface area (Å²) in [7, 11) is -4.04. The molecule has 28 heavy (non-hydrogen) atoms. The lowest BCUT2D eigenvalue weighted by molar-refractivity contribution is 0.486. The van der Waals surface area contributed by atoms with Gasteiger partial charge in [-0.15, -0.1) is 0 Å². The predicted molar refractivity (Wildman–Crippen MR) is 114 cm³/mol. The third kappa shape index (κ3) is 4.55. The predicted octanol–water partition coefficient (Wildman–Crippen LogP) is 6.13. The molecule has 3 aromatic carbocycles. The van der Waals surface area contributed by atoms with E-state index in [1.165, 1.54) is 12.1 Å². The van der Waals surface area contributed by atoms with Crippen LogP contribution in [0.15, 0.2) is 70.6 Å². The van der Waals surface area contributed by atoms with Crippen molar-refractivity contribution in [2.24, 2.45) is 4.99 Å². The van der Waals surface area contributed by atoms with Crippen molar-refractivity contribution in [3.05, 3.63) is 87.4 Å². The van der Waals surface area contributed by atoms with Crippen molar-refractivity contribution in [1.82, 2.24) is 0 Å². The van der Waals surface area contributed by atoms with Crippen molar-refractivity contribution < 1.29 is 12.6 Å². The highest BCUT2D eigenvalue weighted by molar-refractivity contribution is 7.87. The van der Waals surface area contributed by atoms with Gasteiger partial charge in [0.25, 0.3) is 0 Å². The van der Waals surface area contributed by atoms with Gasteiger partial charge in [-0.1, -0.05) is 53.5 Å². The van der Waals surface area contributed by atoms with Gasteiger partial charge in [-0.05, 0) is 60.9 Å². The van der Waals surface area contributed by atoms with E-state index < -0.39 is 10.1 Å². The second kappa shape index (κ2) is 8.35. The van der Waals surface area contributed by atoms with Crippen LogP contribution in [0.4, 0.5) is 5.69 Å². The van der Waals surface area contributed by atoms with E-state index in [1.54, 1.807) is 36.5 Å². The summed E-state index contributed by atoms with van der Waals surface area (Å²) in [5.41, 5.74) is 3.67. The molecule has 0 radical (unpaired) electrons. The van der Waals surface area contributed by atoms with Gasteiger partial charge in [0.15, 0.2) is 5.75 Å². The molecule has 0 unspecified atom stereocenters. The van der Waals surface area contributed by atoms with Crippen LogP contribution in [0.3, 0.4) is 0 Å². The van der Waals surface area contributed by atoms with Gasteiger partial charge in [0, 0.05) is 6.21 Å². The van der Waals surface area contributed by atoms with E-state index in [9.17, 15) is 8.42 Å². The zero-order valence-electron chi connectivity index (χ0n) is 15.2. The number of benzene rings is 3. The molecule has 7 heteroatoms. The van der Waals surface area contributed by atoms with E-state index in [4.69, 9.17) is 27.4 Å². The Balaban J connectivity index is 1.89. The summed E-state index contributed by atoms with van der Waals surface area (Å²) in [6, 6.07) is 16.7. The first-order chi connectivity index (χ1) is 13.3. The lowest BCUT2D eigenvalue weighted by atomic mass is 10.1. The van der Waals surface area contributed by atoms with Crippen LogP contribution in [0.25, 0.3) is 0 Å². The van der Waals surface area contributed by atoms with Gasteiger partial charge in [0.05, 0.1) is 15.7 Å². The van der Waals surface area contributed by atoms with Gasteiger partial charge in [-0.3, -0.25) is 4.99 Å². The molecule has 0 amide bonds. The van der Waals surface area contributed by atoms with Crippen molar-refractivity contribution in [3.8, 4) is 5.75 Å². The largest absolute Gasteiger partial charge is 0.376 e. The first-order valence-electron chi connectivity index (χ1n) is 8.37. The van der Waals surface area contributed by atoms with Gasteiger partial charge >= 0.3 is 10.1 Å². The van der Waals surface area contributed by atoms with Crippen molar-refractivity contribution in [2.45, 2.75) is 18.7 Å². The van der Waals surface area contributed by atoms with Gasteiger partial charge in [-0.25, -0.2) is 0 Å². The average Bonchev–Trinajstić information content (AvgIpc) is 2.66. The highest BCUT2D eigenvalue weighted by Gasteiger charge is 2.20. The van der Waals surface area contributed by atoms with Crippen molar-refractivity contribution in [2.75, 3.05) is 0 Å². The minimum absolute atomic E-state index is 0.0164. The number of hydrogen-bond donors (Lipinski definition) is 0. The number of aryl methyl sites for hydroxylation is 1. The molecule has 0 aliphatic rings. The maximum absolute atomic E-state index is 12.4. The highest BCUT2D eigenvalue weighted by atomic mass is 35.5. The Morgan fingerprint density at radius 2 is 1.57 bits per heavy atom. The zero-order valence-corrected chi connectivity index (χ0v) is 17.5. The molecular formula is C21H17Cl2NO3S. The van der Waals surface area contributed by atoms with E-state index in [-0.39, 0.29) is 20.7 Å². The van der Waals surface area contributed by atoms with Gasteiger partial charge < -0.3 is 4.18 Å². The second-order valence-electron chi connectivity index (χ2n) is 6.14. The maximum Gasteiger partial charge on any atom is 0.339 e. The summed E-state index contributed by atoms with van der Waals surface area (Å²) in [6.07, 6.45) is 1.62. The topological polar surface area (TPSA) is 55.7 Å². The SMILES string of the molecule is Cc1cccc(N=Cc2cc(Cl)c(OS(=O)(=O)c3ccccc3)c(Cl)c2)c1C. The molecule has 0 fully saturated rings. The minimum Gasteiger partial charge on any atom is -0.376 e. The summed E-state index contributed by atoms with van der Waals surface area (Å²) >= 11 is 12.5. The quantitative estimate of drug-likeness (QED) is 0.359. The first-order valence-corrected chi connectivity index (χ1v) is 10.5. The monoisotopic (exact) mass is 433 g/mol. The van der Waals surface area contributed by atoms with Gasteiger partial charge in [-0.2, -0.15) is 8.42 Å². The molecule has 0 aliphatic heterocycles. The second-order valence-corrected chi connectivity index (χ2v) is 8.50. The van der Waals surface area contributed by atoms with Crippen LogP contribution in [-0.4, -0.2) is 14.6 Å². The molecule has 0 aromatic heterocycles. The summed E-state index contributed by atoms with van der Waals surface area (Å²) < 4.78 is 30.0. The summed E-state index contributed by atoms with van der Waals surface area (Å²) in [4.78, 5) is 4.49. The van der Waals surface area contributed by atoms with E-state index in [2.05, 4.69) is 4.99 Å². The van der Waals surface area contributed by atoms with E-state index >= 15 is 0 Å². The third-order valence-electron chi connectivity index (χ3n) is 4.17. The Bertz CT molecular complexity index is 1120. The number of rotatable bonds is 5. The summed E-state index contributed by atoms with van der Waals surface area (Å²) in [5.74, 6) is -0.115. The van der Waals surface area contributed by atoms with E-state index in [1.807, 2.05) is 32.0 Å². The van der Waals surface area contributed by atoms with Crippen LogP contribution in [0.1, 0.15) is 16.7 Å². The van der Waals surface area contributed by atoms with Crippen LogP contribution in [0.5, 0.6) is 5.75 Å². The van der Waals surface area contributed by atoms with Crippen LogP contribution >= 0.6 is 23.2 Å². The molecule has 0 N–H and O–H groups in total. The maximum atomic E-state index is 12.4. The number of halogens is 2. The molecule has 0 heterocycles. The molecule has 0 saturated heterocycles. The van der Waals surface area contributed by atoms with Crippen LogP contribution in [0, 0.1) is 13.8 Å². The standard InChI is InChI=1S/C21H17Cl2NO3S/c1-14-7-6-10-20(15(14)2)24-13-16-11-18(22)21(19(23)12-16)27-28(25,26)17-8-4-3-5-9-17/h3-13H,1-2H3. The molecular weight excluding hydrogens is 417 g/mol. The summed E-state index contributed by atoms with van der Waals surface area (Å²) in [6.45, 7) is 4.01. The average molecular weight is 434 g/mol. The molecule has 144 valence electrons. The van der Waals surface area contributed by atoms with Gasteiger partial charge in [0.2, 0.25) is 0 Å². The summed E-state index contributed by atoms with van der Waals surface area (Å²) in [5, 5.41) is 0.156. The Hall–Kier alpha value is -2.34. The van der Waals surface area contributed by atoms with Crippen molar-refractivity contribution in [3.63, 3.8) is 0 Å². The molecule has 3 aromatic rings. The fraction of sp³-hybridized carbons (Fsp3) is 0.0952. The Morgan fingerprint density at radius 3 is 2.21 bits per heavy atom. The molecule has 0 saturated carbocycles. The first kappa shape index (κ1) is 20.4. The Kier molecular flexibility index (Phi) is 6.08. The van der Waals surface area contributed by atoms with Crippen LogP contribution < -0.4 is 4.18 Å². The zero-order chi connectivity index (χ0) is 20.3. The minimum atomic E-state index is -4.04. The molecule has 0 atom stereocenters. The molecule has 3 rings (SSSR count). The normalized spacial score (nSPS) is 11.7. The van der Waals surface area contributed by atoms with Crippen molar-refractivity contribution >= 4 is 45.2 Å². The van der Waals surface area contributed by atoms with Crippen LogP contribution in [-0.2, 0) is 10.1 Å². The van der Waals surface area contributed by atoms with Crippen LogP contribution in [0.2, 0.25) is 10.0 Å². The lowest BCUT2D eigenvalue weighted by Crippen LogP contribution is -2.10. The number of aliphatic imine (C=N–C) groups is 1. The molecule has 0 aliphatic carbocycles. The molecule has 4 nitrogen and oxygen atoms in total. The third-order valence-corrected chi connectivity index (χ3v) is 5.97. The fourth-order valence-corrected chi connectivity index (χ4v) is 4.16.